The van der Waals surface area contributed by atoms with Crippen molar-refractivity contribution in [3.63, 3.8) is 0 Å². The zero-order valence-corrected chi connectivity index (χ0v) is 11.2. The quantitative estimate of drug-likeness (QED) is 0.780. The standard InChI is InChI=1S/C15H9BN2S/c1-10-6-11(8-17)7-12(9-18)15(10)19-14-4-2-13(16)3-5-14/h2-7H,1H3. The molecule has 0 aromatic heterocycles. The van der Waals surface area contributed by atoms with Crippen LogP contribution in [0, 0.1) is 29.6 Å². The first-order valence-corrected chi connectivity index (χ1v) is 6.44. The highest BCUT2D eigenvalue weighted by atomic mass is 32.2. The molecule has 0 bridgehead atoms. The maximum Gasteiger partial charge on any atom is 0.113 e. The second-order valence-electron chi connectivity index (χ2n) is 4.06. The maximum absolute atomic E-state index is 9.19. The Balaban J connectivity index is 2.43. The van der Waals surface area contributed by atoms with Crippen molar-refractivity contribution < 1.29 is 0 Å². The van der Waals surface area contributed by atoms with E-state index in [0.717, 1.165) is 15.4 Å². The van der Waals surface area contributed by atoms with Crippen LogP contribution in [0.2, 0.25) is 0 Å². The second kappa shape index (κ2) is 5.65. The molecule has 88 valence electrons. The van der Waals surface area contributed by atoms with E-state index in [1.165, 1.54) is 11.8 Å². The Labute approximate surface area is 118 Å². The number of hydrogen-bond acceptors (Lipinski definition) is 3. The Hall–Kier alpha value is -2.17. The summed E-state index contributed by atoms with van der Waals surface area (Å²) in [6.45, 7) is 1.90. The molecule has 0 N–H and O–H groups in total. The fourth-order valence-corrected chi connectivity index (χ4v) is 2.65. The normalized spacial score (nSPS) is 9.63. The van der Waals surface area contributed by atoms with Crippen LogP contribution in [0.3, 0.4) is 0 Å². The summed E-state index contributed by atoms with van der Waals surface area (Å²) in [5, 5.41) is 18.1. The molecule has 0 aliphatic rings. The first-order chi connectivity index (χ1) is 9.13. The number of nitriles is 2. The highest BCUT2D eigenvalue weighted by Crippen LogP contribution is 2.33. The van der Waals surface area contributed by atoms with Gasteiger partial charge in [-0.2, -0.15) is 10.5 Å². The summed E-state index contributed by atoms with van der Waals surface area (Å²) >= 11 is 1.51. The average molecular weight is 260 g/mol. The van der Waals surface area contributed by atoms with E-state index in [0.29, 0.717) is 16.6 Å². The van der Waals surface area contributed by atoms with Crippen molar-refractivity contribution in [2.24, 2.45) is 0 Å². The van der Waals surface area contributed by atoms with Gasteiger partial charge in [-0.15, -0.1) is 0 Å². The number of benzene rings is 2. The topological polar surface area (TPSA) is 47.6 Å². The van der Waals surface area contributed by atoms with Gasteiger partial charge in [0.2, 0.25) is 0 Å². The van der Waals surface area contributed by atoms with E-state index in [-0.39, 0.29) is 0 Å². The molecule has 2 nitrogen and oxygen atoms in total. The van der Waals surface area contributed by atoms with Gasteiger partial charge in [0.1, 0.15) is 13.9 Å². The van der Waals surface area contributed by atoms with Crippen LogP contribution in [0.5, 0.6) is 0 Å². The summed E-state index contributed by atoms with van der Waals surface area (Å²) < 4.78 is 0. The molecular weight excluding hydrogens is 251 g/mol. The van der Waals surface area contributed by atoms with Crippen LogP contribution in [0.1, 0.15) is 16.7 Å². The van der Waals surface area contributed by atoms with E-state index in [2.05, 4.69) is 12.1 Å². The van der Waals surface area contributed by atoms with Crippen molar-refractivity contribution in [3.05, 3.63) is 53.1 Å². The number of aryl methyl sites for hydroxylation is 1. The third kappa shape index (κ3) is 2.99. The Kier molecular flexibility index (Phi) is 3.95. The number of rotatable bonds is 2. The summed E-state index contributed by atoms with van der Waals surface area (Å²) in [7, 11) is 5.65. The fraction of sp³-hybridized carbons (Fsp3) is 0.0667. The lowest BCUT2D eigenvalue weighted by atomic mass is 9.97. The number of hydrogen-bond donors (Lipinski definition) is 0. The van der Waals surface area contributed by atoms with Gasteiger partial charge >= 0.3 is 0 Å². The van der Waals surface area contributed by atoms with Crippen molar-refractivity contribution >= 4 is 25.1 Å². The van der Waals surface area contributed by atoms with Gasteiger partial charge in [0, 0.05) is 9.79 Å². The van der Waals surface area contributed by atoms with Crippen molar-refractivity contribution in [2.75, 3.05) is 0 Å². The molecule has 0 aliphatic carbocycles. The van der Waals surface area contributed by atoms with Crippen molar-refractivity contribution in [1.82, 2.24) is 0 Å². The number of nitrogens with zero attached hydrogens (tertiary/aromatic N) is 2. The fourth-order valence-electron chi connectivity index (χ4n) is 1.71. The lowest BCUT2D eigenvalue weighted by Gasteiger charge is -2.08. The lowest BCUT2D eigenvalue weighted by Crippen LogP contribution is -1.99. The molecule has 2 radical (unpaired) electrons. The van der Waals surface area contributed by atoms with Crippen molar-refractivity contribution in [3.8, 4) is 12.1 Å². The third-order valence-corrected chi connectivity index (χ3v) is 3.88. The van der Waals surface area contributed by atoms with Gasteiger partial charge in [0.15, 0.2) is 0 Å². The van der Waals surface area contributed by atoms with E-state index in [4.69, 9.17) is 13.1 Å². The van der Waals surface area contributed by atoms with Crippen LogP contribution in [0.4, 0.5) is 0 Å². The predicted octanol–water partition coefficient (Wildman–Crippen LogP) is 2.68. The van der Waals surface area contributed by atoms with Crippen LogP contribution in [0.25, 0.3) is 0 Å². The zero-order chi connectivity index (χ0) is 13.8. The molecule has 2 aromatic carbocycles. The van der Waals surface area contributed by atoms with E-state index in [9.17, 15) is 5.26 Å². The van der Waals surface area contributed by atoms with Crippen molar-refractivity contribution in [2.45, 2.75) is 16.7 Å². The average Bonchev–Trinajstić information content (AvgIpc) is 2.43. The molecule has 2 rings (SSSR count). The van der Waals surface area contributed by atoms with E-state index < -0.39 is 0 Å². The van der Waals surface area contributed by atoms with Gasteiger partial charge in [-0.3, -0.25) is 0 Å². The van der Waals surface area contributed by atoms with E-state index in [1.807, 2.05) is 31.2 Å². The van der Waals surface area contributed by atoms with Gasteiger partial charge < -0.3 is 0 Å². The maximum atomic E-state index is 9.19. The largest absolute Gasteiger partial charge is 0.192 e. The Morgan fingerprint density at radius 1 is 1.05 bits per heavy atom. The summed E-state index contributed by atoms with van der Waals surface area (Å²) in [5.74, 6) is 0. The van der Waals surface area contributed by atoms with Crippen LogP contribution in [-0.2, 0) is 0 Å². The summed E-state index contributed by atoms with van der Waals surface area (Å²) in [4.78, 5) is 1.89. The molecule has 0 atom stereocenters. The van der Waals surface area contributed by atoms with Gasteiger partial charge in [0.05, 0.1) is 17.2 Å². The van der Waals surface area contributed by atoms with E-state index in [1.54, 1.807) is 12.1 Å². The van der Waals surface area contributed by atoms with Crippen LogP contribution in [-0.4, -0.2) is 7.85 Å². The van der Waals surface area contributed by atoms with Crippen LogP contribution < -0.4 is 5.46 Å². The third-order valence-electron chi connectivity index (χ3n) is 2.62. The zero-order valence-electron chi connectivity index (χ0n) is 10.3. The molecule has 0 saturated carbocycles. The van der Waals surface area contributed by atoms with Gasteiger partial charge in [-0.1, -0.05) is 29.4 Å². The Morgan fingerprint density at radius 2 is 1.74 bits per heavy atom. The highest BCUT2D eigenvalue weighted by molar-refractivity contribution is 7.99. The monoisotopic (exact) mass is 260 g/mol. The van der Waals surface area contributed by atoms with Crippen molar-refractivity contribution in [1.29, 1.82) is 10.5 Å². The van der Waals surface area contributed by atoms with Gasteiger partial charge in [-0.25, -0.2) is 0 Å². The molecule has 19 heavy (non-hydrogen) atoms. The molecule has 0 unspecified atom stereocenters. The smallest absolute Gasteiger partial charge is 0.113 e. The molecule has 4 heteroatoms. The molecule has 0 fully saturated rings. The molecule has 2 aromatic rings. The minimum atomic E-state index is 0.510. The highest BCUT2D eigenvalue weighted by Gasteiger charge is 2.09. The predicted molar refractivity (Wildman–Crippen MR) is 76.6 cm³/mol. The molecule has 0 amide bonds. The molecule has 0 aliphatic heterocycles. The van der Waals surface area contributed by atoms with E-state index >= 15 is 0 Å². The second-order valence-corrected chi connectivity index (χ2v) is 5.15. The minimum Gasteiger partial charge on any atom is -0.192 e. The Morgan fingerprint density at radius 3 is 2.32 bits per heavy atom. The summed E-state index contributed by atoms with van der Waals surface area (Å²) in [6, 6.07) is 15.1. The molecular formula is C15H9BN2S. The first kappa shape index (κ1) is 13.3. The SMILES string of the molecule is [B]c1ccc(Sc2c(C)cc(C#N)cc2C#N)cc1. The van der Waals surface area contributed by atoms with Gasteiger partial charge in [-0.05, 0) is 36.8 Å². The lowest BCUT2D eigenvalue weighted by molar-refractivity contribution is 1.24. The van der Waals surface area contributed by atoms with Gasteiger partial charge in [0.25, 0.3) is 0 Å². The molecule has 0 heterocycles. The Bertz CT molecular complexity index is 694. The minimum absolute atomic E-state index is 0.510. The van der Waals surface area contributed by atoms with Crippen LogP contribution >= 0.6 is 11.8 Å². The van der Waals surface area contributed by atoms with Crippen LogP contribution in [0.15, 0.2) is 46.2 Å². The molecule has 0 spiro atoms. The first-order valence-electron chi connectivity index (χ1n) is 5.62. The molecule has 0 saturated heterocycles. The summed E-state index contributed by atoms with van der Waals surface area (Å²) in [5.41, 5.74) is 2.67. The summed E-state index contributed by atoms with van der Waals surface area (Å²) in [6.07, 6.45) is 0.